The average Bonchev–Trinajstić information content (AvgIpc) is 3.03. The largest absolute Gasteiger partial charge is 0.476 e. The smallest absolute Gasteiger partial charge is 0.358 e. The molecule has 0 unspecified atom stereocenters. The molecule has 1 heterocycles. The van der Waals surface area contributed by atoms with E-state index in [1.165, 1.54) is 6.20 Å². The number of aromatic nitrogens is 3. The summed E-state index contributed by atoms with van der Waals surface area (Å²) in [6.45, 7) is 3.81. The van der Waals surface area contributed by atoms with Gasteiger partial charge in [0.2, 0.25) is 11.8 Å². The molecule has 1 aromatic carbocycles. The quantitative estimate of drug-likeness (QED) is 0.684. The fraction of sp³-hybridized carbons (Fsp3) is 0.312. The summed E-state index contributed by atoms with van der Waals surface area (Å²) < 4.78 is 1.16. The van der Waals surface area contributed by atoms with E-state index in [1.807, 2.05) is 13.8 Å². The van der Waals surface area contributed by atoms with E-state index in [0.717, 1.165) is 10.2 Å². The summed E-state index contributed by atoms with van der Waals surface area (Å²) in [6, 6.07) is 7.12. The summed E-state index contributed by atoms with van der Waals surface area (Å²) in [4.78, 5) is 34.2. The number of rotatable bonds is 7. The van der Waals surface area contributed by atoms with Crippen LogP contribution >= 0.6 is 0 Å². The van der Waals surface area contributed by atoms with Crippen LogP contribution in [0.2, 0.25) is 0 Å². The molecule has 0 aliphatic heterocycles. The van der Waals surface area contributed by atoms with Gasteiger partial charge in [-0.15, -0.1) is 5.10 Å². The van der Waals surface area contributed by atoms with Gasteiger partial charge >= 0.3 is 5.97 Å². The highest BCUT2D eigenvalue weighted by Gasteiger charge is 2.11. The van der Waals surface area contributed by atoms with Crippen molar-refractivity contribution in [2.45, 2.75) is 26.9 Å². The SMILES string of the molecule is CC(C)C(=O)Nc1ccc(CNC(=O)Cn2cc(C(=O)O)nn2)cc1. The third-order valence-corrected chi connectivity index (χ3v) is 3.30. The molecule has 132 valence electrons. The van der Waals surface area contributed by atoms with Gasteiger partial charge in [-0.2, -0.15) is 0 Å². The molecule has 3 N–H and O–H groups in total. The first kappa shape index (κ1) is 18.1. The Kier molecular flexibility index (Phi) is 5.83. The number of hydrogen-bond acceptors (Lipinski definition) is 5. The predicted molar refractivity (Wildman–Crippen MR) is 88.7 cm³/mol. The first-order valence-corrected chi connectivity index (χ1v) is 7.65. The fourth-order valence-electron chi connectivity index (χ4n) is 1.87. The van der Waals surface area contributed by atoms with Crippen molar-refractivity contribution < 1.29 is 19.5 Å². The molecule has 0 aliphatic rings. The number of nitrogens with one attached hydrogen (secondary N) is 2. The third-order valence-electron chi connectivity index (χ3n) is 3.30. The monoisotopic (exact) mass is 345 g/mol. The minimum Gasteiger partial charge on any atom is -0.476 e. The Morgan fingerprint density at radius 2 is 1.88 bits per heavy atom. The molecular formula is C16H19N5O4. The van der Waals surface area contributed by atoms with Gasteiger partial charge in [0.05, 0.1) is 6.20 Å². The highest BCUT2D eigenvalue weighted by molar-refractivity contribution is 5.92. The van der Waals surface area contributed by atoms with Crippen LogP contribution in [0.4, 0.5) is 5.69 Å². The lowest BCUT2D eigenvalue weighted by molar-refractivity contribution is -0.122. The van der Waals surface area contributed by atoms with Gasteiger partial charge in [-0.3, -0.25) is 9.59 Å². The normalized spacial score (nSPS) is 10.5. The lowest BCUT2D eigenvalue weighted by Crippen LogP contribution is -2.27. The Balaban J connectivity index is 1.82. The summed E-state index contributed by atoms with van der Waals surface area (Å²) in [5.41, 5.74) is 1.34. The van der Waals surface area contributed by atoms with E-state index in [4.69, 9.17) is 5.11 Å². The average molecular weight is 345 g/mol. The zero-order valence-corrected chi connectivity index (χ0v) is 13.9. The number of carboxylic acids is 1. The topological polar surface area (TPSA) is 126 Å². The number of carbonyl (C=O) groups is 3. The number of amides is 2. The second-order valence-corrected chi connectivity index (χ2v) is 5.72. The molecule has 2 amide bonds. The molecule has 0 bridgehead atoms. The standard InChI is InChI=1S/C16H19N5O4/c1-10(2)15(23)18-12-5-3-11(4-6-12)7-17-14(22)9-21-8-13(16(24)25)19-20-21/h3-6,8,10H,7,9H2,1-2H3,(H,17,22)(H,18,23)(H,24,25). The molecule has 1 aromatic heterocycles. The third kappa shape index (κ3) is 5.41. The number of carbonyl (C=O) groups excluding carboxylic acids is 2. The van der Waals surface area contributed by atoms with Crippen molar-refractivity contribution in [2.75, 3.05) is 5.32 Å². The fourth-order valence-corrected chi connectivity index (χ4v) is 1.87. The number of benzene rings is 1. The Labute approximate surface area is 144 Å². The highest BCUT2D eigenvalue weighted by atomic mass is 16.4. The van der Waals surface area contributed by atoms with Gasteiger partial charge in [-0.1, -0.05) is 31.2 Å². The van der Waals surface area contributed by atoms with Crippen LogP contribution in [0.5, 0.6) is 0 Å². The first-order chi connectivity index (χ1) is 11.8. The van der Waals surface area contributed by atoms with Crippen LogP contribution in [0, 0.1) is 5.92 Å². The first-order valence-electron chi connectivity index (χ1n) is 7.65. The maximum Gasteiger partial charge on any atom is 0.358 e. The maximum atomic E-state index is 11.8. The molecule has 0 radical (unpaired) electrons. The van der Waals surface area contributed by atoms with Gasteiger partial charge in [0.1, 0.15) is 6.54 Å². The van der Waals surface area contributed by atoms with Gasteiger partial charge in [-0.25, -0.2) is 9.48 Å². The van der Waals surface area contributed by atoms with Crippen molar-refractivity contribution in [1.29, 1.82) is 0 Å². The minimum atomic E-state index is -1.20. The molecule has 0 saturated heterocycles. The summed E-state index contributed by atoms with van der Waals surface area (Å²) in [5.74, 6) is -1.68. The molecule has 0 aliphatic carbocycles. The van der Waals surface area contributed by atoms with Crippen molar-refractivity contribution in [3.63, 3.8) is 0 Å². The zero-order chi connectivity index (χ0) is 18.4. The van der Waals surface area contributed by atoms with Crippen molar-refractivity contribution in [1.82, 2.24) is 20.3 Å². The van der Waals surface area contributed by atoms with E-state index < -0.39 is 5.97 Å². The summed E-state index contributed by atoms with van der Waals surface area (Å²) >= 11 is 0. The molecule has 9 heteroatoms. The maximum absolute atomic E-state index is 11.8. The lowest BCUT2D eigenvalue weighted by Gasteiger charge is -2.09. The van der Waals surface area contributed by atoms with Gasteiger partial charge in [0, 0.05) is 18.2 Å². The van der Waals surface area contributed by atoms with Crippen LogP contribution in [0.1, 0.15) is 29.9 Å². The summed E-state index contributed by atoms with van der Waals surface area (Å²) in [6.07, 6.45) is 1.19. The van der Waals surface area contributed by atoms with Crippen LogP contribution in [0.3, 0.4) is 0 Å². The van der Waals surface area contributed by atoms with Gasteiger partial charge < -0.3 is 15.7 Å². The van der Waals surface area contributed by atoms with Gasteiger partial charge in [0.25, 0.3) is 0 Å². The van der Waals surface area contributed by atoms with E-state index in [0.29, 0.717) is 12.2 Å². The molecule has 2 aromatic rings. The number of nitrogens with zero attached hydrogens (tertiary/aromatic N) is 3. The molecule has 0 fully saturated rings. The van der Waals surface area contributed by atoms with Gasteiger partial charge in [-0.05, 0) is 17.7 Å². The molecule has 25 heavy (non-hydrogen) atoms. The van der Waals surface area contributed by atoms with E-state index in [-0.39, 0.29) is 30.0 Å². The second kappa shape index (κ2) is 8.04. The molecule has 9 nitrogen and oxygen atoms in total. The second-order valence-electron chi connectivity index (χ2n) is 5.72. The van der Waals surface area contributed by atoms with E-state index in [9.17, 15) is 14.4 Å². The van der Waals surface area contributed by atoms with Crippen LogP contribution < -0.4 is 10.6 Å². The van der Waals surface area contributed by atoms with Crippen LogP contribution in [0.25, 0.3) is 0 Å². The number of aromatic carboxylic acids is 1. The molecule has 0 spiro atoms. The minimum absolute atomic E-state index is 0.0605. The Hall–Kier alpha value is -3.23. The summed E-state index contributed by atoms with van der Waals surface area (Å²) in [7, 11) is 0. The zero-order valence-electron chi connectivity index (χ0n) is 13.9. The number of anilines is 1. The van der Waals surface area contributed by atoms with Crippen molar-refractivity contribution in [2.24, 2.45) is 5.92 Å². The molecule has 0 saturated carbocycles. The predicted octanol–water partition coefficient (Wildman–Crippen LogP) is 0.887. The van der Waals surface area contributed by atoms with E-state index in [2.05, 4.69) is 20.9 Å². The molecule has 0 atom stereocenters. The Bertz CT molecular complexity index is 767. The van der Waals surface area contributed by atoms with Crippen LogP contribution in [0.15, 0.2) is 30.5 Å². The Morgan fingerprint density at radius 3 is 2.44 bits per heavy atom. The van der Waals surface area contributed by atoms with E-state index >= 15 is 0 Å². The van der Waals surface area contributed by atoms with Crippen molar-refractivity contribution in [3.8, 4) is 0 Å². The van der Waals surface area contributed by atoms with Crippen LogP contribution in [-0.4, -0.2) is 37.9 Å². The van der Waals surface area contributed by atoms with Gasteiger partial charge in [0.15, 0.2) is 5.69 Å². The molecule has 2 rings (SSSR count). The summed E-state index contributed by atoms with van der Waals surface area (Å²) in [5, 5.41) is 21.2. The van der Waals surface area contributed by atoms with Crippen LogP contribution in [-0.2, 0) is 22.7 Å². The Morgan fingerprint density at radius 1 is 1.20 bits per heavy atom. The highest BCUT2D eigenvalue weighted by Crippen LogP contribution is 2.11. The number of hydrogen-bond donors (Lipinski definition) is 3. The van der Waals surface area contributed by atoms with E-state index in [1.54, 1.807) is 24.3 Å². The number of carboxylic acid groups (broad SMARTS) is 1. The molecular weight excluding hydrogens is 326 g/mol. The lowest BCUT2D eigenvalue weighted by atomic mass is 10.1. The van der Waals surface area contributed by atoms with Crippen molar-refractivity contribution >= 4 is 23.5 Å². The van der Waals surface area contributed by atoms with Crippen molar-refractivity contribution in [3.05, 3.63) is 41.7 Å².